The molecule has 1 atom stereocenters. The molecule has 0 saturated heterocycles. The molecular formula is C13H17FN4. The number of hydrogen-bond acceptors (Lipinski definition) is 3. The molecule has 1 unspecified atom stereocenters. The van der Waals surface area contributed by atoms with Crippen molar-refractivity contribution in [3.63, 3.8) is 0 Å². The number of benzene rings is 1. The summed E-state index contributed by atoms with van der Waals surface area (Å²) in [5, 5.41) is 8.06. The average molecular weight is 248 g/mol. The molecule has 0 bridgehead atoms. The third kappa shape index (κ3) is 2.41. The summed E-state index contributed by atoms with van der Waals surface area (Å²) < 4.78 is 15.0. The largest absolute Gasteiger partial charge is 0.323 e. The highest BCUT2D eigenvalue weighted by Gasteiger charge is 2.12. The Kier molecular flexibility index (Phi) is 3.72. The van der Waals surface area contributed by atoms with E-state index >= 15 is 0 Å². The summed E-state index contributed by atoms with van der Waals surface area (Å²) in [5.74, 6) is -0.248. The van der Waals surface area contributed by atoms with Gasteiger partial charge in [-0.3, -0.25) is 0 Å². The second-order valence-electron chi connectivity index (χ2n) is 4.37. The lowest BCUT2D eigenvalue weighted by molar-refractivity contribution is 0.614. The van der Waals surface area contributed by atoms with Gasteiger partial charge >= 0.3 is 0 Å². The lowest BCUT2D eigenvalue weighted by Crippen LogP contribution is -2.10. The molecule has 0 aliphatic carbocycles. The summed E-state index contributed by atoms with van der Waals surface area (Å²) >= 11 is 0. The van der Waals surface area contributed by atoms with Crippen molar-refractivity contribution >= 4 is 0 Å². The Balaban J connectivity index is 2.32. The molecule has 0 aliphatic heterocycles. The van der Waals surface area contributed by atoms with Gasteiger partial charge in [0.1, 0.15) is 5.82 Å². The molecule has 0 radical (unpaired) electrons. The monoisotopic (exact) mass is 248 g/mol. The van der Waals surface area contributed by atoms with Crippen LogP contribution < -0.4 is 5.73 Å². The van der Waals surface area contributed by atoms with Crippen molar-refractivity contribution in [2.75, 3.05) is 0 Å². The standard InChI is InChI=1S/C13H17FN4/c1-3-5-11(15)12-8-18(17-16-12)13-7-4-6-10(14)9(13)2/h4,6-8,11H,3,5,15H2,1-2H3. The molecule has 2 rings (SSSR count). The van der Waals surface area contributed by atoms with Gasteiger partial charge in [-0.2, -0.15) is 0 Å². The molecule has 18 heavy (non-hydrogen) atoms. The van der Waals surface area contributed by atoms with E-state index in [1.54, 1.807) is 23.9 Å². The first kappa shape index (κ1) is 12.7. The van der Waals surface area contributed by atoms with Crippen molar-refractivity contribution < 1.29 is 4.39 Å². The highest BCUT2D eigenvalue weighted by Crippen LogP contribution is 2.18. The van der Waals surface area contributed by atoms with E-state index in [-0.39, 0.29) is 11.9 Å². The molecule has 2 aromatic rings. The minimum Gasteiger partial charge on any atom is -0.323 e. The van der Waals surface area contributed by atoms with E-state index in [2.05, 4.69) is 17.2 Å². The fraction of sp³-hybridized carbons (Fsp3) is 0.385. The summed E-state index contributed by atoms with van der Waals surface area (Å²) in [7, 11) is 0. The topological polar surface area (TPSA) is 56.7 Å². The van der Waals surface area contributed by atoms with E-state index in [4.69, 9.17) is 5.73 Å². The Morgan fingerprint density at radius 2 is 2.22 bits per heavy atom. The summed E-state index contributed by atoms with van der Waals surface area (Å²) in [5.41, 5.74) is 7.96. The van der Waals surface area contributed by atoms with Crippen LogP contribution in [-0.4, -0.2) is 15.0 Å². The first-order valence-electron chi connectivity index (χ1n) is 6.06. The van der Waals surface area contributed by atoms with Gasteiger partial charge in [0.2, 0.25) is 0 Å². The third-order valence-electron chi connectivity index (χ3n) is 2.98. The van der Waals surface area contributed by atoms with Crippen LogP contribution in [0, 0.1) is 12.7 Å². The summed E-state index contributed by atoms with van der Waals surface area (Å²) in [6, 6.07) is 4.78. The lowest BCUT2D eigenvalue weighted by Gasteiger charge is -2.06. The normalized spacial score (nSPS) is 12.7. The van der Waals surface area contributed by atoms with Crippen LogP contribution in [-0.2, 0) is 0 Å². The molecular weight excluding hydrogens is 231 g/mol. The van der Waals surface area contributed by atoms with Crippen molar-refractivity contribution in [3.05, 3.63) is 41.5 Å². The van der Waals surface area contributed by atoms with Gasteiger partial charge in [0.25, 0.3) is 0 Å². The number of halogens is 1. The van der Waals surface area contributed by atoms with Gasteiger partial charge in [0.05, 0.1) is 23.6 Å². The molecule has 0 spiro atoms. The number of rotatable bonds is 4. The third-order valence-corrected chi connectivity index (χ3v) is 2.98. The van der Waals surface area contributed by atoms with E-state index in [1.165, 1.54) is 6.07 Å². The van der Waals surface area contributed by atoms with Crippen LogP contribution in [0.3, 0.4) is 0 Å². The Morgan fingerprint density at radius 3 is 2.94 bits per heavy atom. The van der Waals surface area contributed by atoms with Crippen LogP contribution in [0.1, 0.15) is 37.1 Å². The number of hydrogen-bond donors (Lipinski definition) is 1. The zero-order valence-electron chi connectivity index (χ0n) is 10.6. The number of nitrogens with two attached hydrogens (primary N) is 1. The number of aromatic nitrogens is 3. The average Bonchev–Trinajstić information content (AvgIpc) is 2.82. The first-order chi connectivity index (χ1) is 8.63. The van der Waals surface area contributed by atoms with Crippen LogP contribution in [0.2, 0.25) is 0 Å². The van der Waals surface area contributed by atoms with Gasteiger partial charge in [0, 0.05) is 5.56 Å². The van der Waals surface area contributed by atoms with Gasteiger partial charge in [-0.25, -0.2) is 9.07 Å². The maximum absolute atomic E-state index is 13.5. The maximum atomic E-state index is 13.5. The Morgan fingerprint density at radius 1 is 1.44 bits per heavy atom. The highest BCUT2D eigenvalue weighted by molar-refractivity contribution is 5.40. The van der Waals surface area contributed by atoms with Crippen molar-refractivity contribution in [2.45, 2.75) is 32.7 Å². The van der Waals surface area contributed by atoms with E-state index in [0.29, 0.717) is 11.3 Å². The van der Waals surface area contributed by atoms with Crippen LogP contribution >= 0.6 is 0 Å². The van der Waals surface area contributed by atoms with Gasteiger partial charge < -0.3 is 5.73 Å². The fourth-order valence-corrected chi connectivity index (χ4v) is 1.87. The number of nitrogens with zero attached hydrogens (tertiary/aromatic N) is 3. The van der Waals surface area contributed by atoms with Crippen LogP contribution in [0.15, 0.2) is 24.4 Å². The molecule has 2 N–H and O–H groups in total. The van der Waals surface area contributed by atoms with Crippen LogP contribution in [0.4, 0.5) is 4.39 Å². The second-order valence-corrected chi connectivity index (χ2v) is 4.37. The van der Waals surface area contributed by atoms with E-state index in [1.807, 2.05) is 6.07 Å². The second kappa shape index (κ2) is 5.27. The van der Waals surface area contributed by atoms with Crippen molar-refractivity contribution in [3.8, 4) is 5.69 Å². The molecule has 0 saturated carbocycles. The van der Waals surface area contributed by atoms with Crippen LogP contribution in [0.25, 0.3) is 5.69 Å². The SMILES string of the molecule is CCCC(N)c1cn(-c2cccc(F)c2C)nn1. The molecule has 0 aliphatic rings. The van der Waals surface area contributed by atoms with Gasteiger partial charge in [-0.05, 0) is 25.5 Å². The van der Waals surface area contributed by atoms with Gasteiger partial charge in [-0.15, -0.1) is 5.10 Å². The Labute approximate surface area is 106 Å². The predicted octanol–water partition coefficient (Wildman–Crippen LogP) is 2.51. The summed E-state index contributed by atoms with van der Waals surface area (Å²) in [6.45, 7) is 3.79. The summed E-state index contributed by atoms with van der Waals surface area (Å²) in [4.78, 5) is 0. The maximum Gasteiger partial charge on any atom is 0.128 e. The molecule has 1 aromatic heterocycles. The quantitative estimate of drug-likeness (QED) is 0.904. The zero-order valence-corrected chi connectivity index (χ0v) is 10.6. The van der Waals surface area contributed by atoms with Crippen molar-refractivity contribution in [2.24, 2.45) is 5.73 Å². The van der Waals surface area contributed by atoms with E-state index in [0.717, 1.165) is 18.5 Å². The molecule has 0 amide bonds. The lowest BCUT2D eigenvalue weighted by atomic mass is 10.1. The summed E-state index contributed by atoms with van der Waals surface area (Å²) in [6.07, 6.45) is 3.62. The van der Waals surface area contributed by atoms with Gasteiger partial charge in [-0.1, -0.05) is 24.6 Å². The Bertz CT molecular complexity index is 536. The van der Waals surface area contributed by atoms with Crippen molar-refractivity contribution in [1.82, 2.24) is 15.0 Å². The minimum absolute atomic E-state index is 0.113. The smallest absolute Gasteiger partial charge is 0.128 e. The van der Waals surface area contributed by atoms with E-state index < -0.39 is 0 Å². The molecule has 4 nitrogen and oxygen atoms in total. The van der Waals surface area contributed by atoms with E-state index in [9.17, 15) is 4.39 Å². The molecule has 0 fully saturated rings. The zero-order chi connectivity index (χ0) is 13.1. The van der Waals surface area contributed by atoms with Crippen molar-refractivity contribution in [1.29, 1.82) is 0 Å². The molecule has 1 aromatic carbocycles. The highest BCUT2D eigenvalue weighted by atomic mass is 19.1. The minimum atomic E-state index is -0.248. The van der Waals surface area contributed by atoms with Gasteiger partial charge in [0.15, 0.2) is 0 Å². The Hall–Kier alpha value is -1.75. The molecule has 96 valence electrons. The molecule has 5 heteroatoms. The fourth-order valence-electron chi connectivity index (χ4n) is 1.87. The first-order valence-corrected chi connectivity index (χ1v) is 6.06. The van der Waals surface area contributed by atoms with Crippen LogP contribution in [0.5, 0.6) is 0 Å². The predicted molar refractivity (Wildman–Crippen MR) is 67.9 cm³/mol. The molecule has 1 heterocycles.